The summed E-state index contributed by atoms with van der Waals surface area (Å²) in [7, 11) is 0. The van der Waals surface area contributed by atoms with Crippen LogP contribution in [-0.4, -0.2) is 38.7 Å². The second-order valence-electron chi connectivity index (χ2n) is 6.92. The zero-order chi connectivity index (χ0) is 18.1. The number of aromatic nitrogens is 3. The Morgan fingerprint density at radius 3 is 2.81 bits per heavy atom. The Balaban J connectivity index is 1.38. The van der Waals surface area contributed by atoms with Gasteiger partial charge in [0.25, 0.3) is 0 Å². The van der Waals surface area contributed by atoms with Gasteiger partial charge in [-0.1, -0.05) is 36.4 Å². The first-order chi connectivity index (χ1) is 12.6. The van der Waals surface area contributed by atoms with Crippen molar-refractivity contribution in [3.05, 3.63) is 59.7 Å². The Morgan fingerprint density at radius 1 is 1.15 bits per heavy atom. The van der Waals surface area contributed by atoms with Gasteiger partial charge in [0.15, 0.2) is 0 Å². The van der Waals surface area contributed by atoms with Gasteiger partial charge in [0.1, 0.15) is 11.6 Å². The van der Waals surface area contributed by atoms with E-state index in [4.69, 9.17) is 0 Å². The molecular weight excluding hydrogens is 326 g/mol. The molecule has 0 saturated carbocycles. The monoisotopic (exact) mass is 349 g/mol. The Kier molecular flexibility index (Phi) is 4.42. The fourth-order valence-corrected chi connectivity index (χ4v) is 3.54. The Morgan fingerprint density at radius 2 is 1.96 bits per heavy atom. The van der Waals surface area contributed by atoms with Crippen LogP contribution >= 0.6 is 0 Å². The number of carbonyl (C=O) groups is 1. The van der Waals surface area contributed by atoms with E-state index in [1.54, 1.807) is 0 Å². The van der Waals surface area contributed by atoms with Crippen molar-refractivity contribution in [2.75, 3.05) is 13.1 Å². The first-order valence-corrected chi connectivity index (χ1v) is 8.99. The predicted molar refractivity (Wildman–Crippen MR) is 101 cm³/mol. The van der Waals surface area contributed by atoms with Gasteiger partial charge in [0.05, 0.1) is 19.1 Å². The number of aryl methyl sites for hydroxylation is 1. The van der Waals surface area contributed by atoms with Gasteiger partial charge in [-0.05, 0) is 36.2 Å². The van der Waals surface area contributed by atoms with Crippen LogP contribution in [0.5, 0.6) is 0 Å². The molecule has 4 rings (SSSR count). The minimum atomic E-state index is -0.0252. The van der Waals surface area contributed by atoms with Gasteiger partial charge in [-0.3, -0.25) is 9.69 Å². The predicted octanol–water partition coefficient (Wildman–Crippen LogP) is 2.43. The van der Waals surface area contributed by atoms with Crippen LogP contribution in [0.15, 0.2) is 42.5 Å². The minimum absolute atomic E-state index is 0.0252. The van der Waals surface area contributed by atoms with Gasteiger partial charge in [-0.25, -0.2) is 0 Å². The van der Waals surface area contributed by atoms with Gasteiger partial charge < -0.3 is 9.88 Å². The Labute approximate surface area is 152 Å². The zero-order valence-electron chi connectivity index (χ0n) is 15.1. The van der Waals surface area contributed by atoms with Crippen LogP contribution in [0.2, 0.25) is 0 Å². The second kappa shape index (κ2) is 6.88. The molecule has 26 heavy (non-hydrogen) atoms. The Hall–Kier alpha value is -2.73. The maximum Gasteiger partial charge on any atom is 0.234 e. The third kappa shape index (κ3) is 3.32. The number of hydrogen-bond acceptors (Lipinski definition) is 4. The van der Waals surface area contributed by atoms with Crippen LogP contribution < -0.4 is 5.32 Å². The van der Waals surface area contributed by atoms with E-state index in [1.807, 2.05) is 26.0 Å². The van der Waals surface area contributed by atoms with Crippen LogP contribution in [0.25, 0.3) is 10.8 Å². The summed E-state index contributed by atoms with van der Waals surface area (Å²) < 4.78 is 2.12. The second-order valence-corrected chi connectivity index (χ2v) is 6.92. The van der Waals surface area contributed by atoms with Crippen LogP contribution in [0, 0.1) is 6.92 Å². The third-order valence-electron chi connectivity index (χ3n) is 5.04. The molecule has 1 atom stereocenters. The van der Waals surface area contributed by atoms with E-state index in [9.17, 15) is 4.79 Å². The number of hydrogen-bond donors (Lipinski definition) is 1. The molecule has 2 aromatic carbocycles. The van der Waals surface area contributed by atoms with Crippen molar-refractivity contribution in [1.82, 2.24) is 25.0 Å². The third-order valence-corrected chi connectivity index (χ3v) is 5.04. The van der Waals surface area contributed by atoms with Crippen molar-refractivity contribution >= 4 is 16.7 Å². The highest BCUT2D eigenvalue weighted by Crippen LogP contribution is 2.20. The van der Waals surface area contributed by atoms with Gasteiger partial charge >= 0.3 is 0 Å². The van der Waals surface area contributed by atoms with Crippen molar-refractivity contribution in [3.63, 3.8) is 0 Å². The molecule has 0 saturated heterocycles. The van der Waals surface area contributed by atoms with Crippen molar-refractivity contribution in [3.8, 4) is 0 Å². The standard InChI is InChI=1S/C20H23N5O/c1-14(17-8-7-16-5-3-4-6-18(16)11-17)21-20(26)13-24-9-10-25-15(2)22-23-19(25)12-24/h3-8,11,14H,9-10,12-13H2,1-2H3,(H,21,26). The molecule has 1 N–H and O–H groups in total. The van der Waals surface area contributed by atoms with E-state index in [2.05, 4.69) is 55.3 Å². The molecule has 1 aliphatic rings. The molecule has 0 spiro atoms. The van der Waals surface area contributed by atoms with Crippen LogP contribution in [0.1, 0.15) is 30.2 Å². The fourth-order valence-electron chi connectivity index (χ4n) is 3.54. The summed E-state index contributed by atoms with van der Waals surface area (Å²) in [5.74, 6) is 1.91. The fraction of sp³-hybridized carbons (Fsp3) is 0.350. The quantitative estimate of drug-likeness (QED) is 0.786. The first kappa shape index (κ1) is 16.7. The summed E-state index contributed by atoms with van der Waals surface area (Å²) in [6.07, 6.45) is 0. The number of benzene rings is 2. The van der Waals surface area contributed by atoms with E-state index in [0.29, 0.717) is 13.1 Å². The van der Waals surface area contributed by atoms with Gasteiger partial charge in [-0.2, -0.15) is 0 Å². The summed E-state index contributed by atoms with van der Waals surface area (Å²) in [6.45, 7) is 6.70. The molecule has 6 nitrogen and oxygen atoms in total. The van der Waals surface area contributed by atoms with E-state index >= 15 is 0 Å². The summed E-state index contributed by atoms with van der Waals surface area (Å²) in [5.41, 5.74) is 1.12. The molecule has 1 amide bonds. The van der Waals surface area contributed by atoms with Crippen molar-refractivity contribution in [2.24, 2.45) is 0 Å². The molecule has 1 unspecified atom stereocenters. The molecule has 6 heteroatoms. The number of fused-ring (bicyclic) bond motifs is 2. The lowest BCUT2D eigenvalue weighted by Gasteiger charge is -2.27. The van der Waals surface area contributed by atoms with Crippen LogP contribution in [0.3, 0.4) is 0 Å². The lowest BCUT2D eigenvalue weighted by molar-refractivity contribution is -0.123. The van der Waals surface area contributed by atoms with E-state index in [1.165, 1.54) is 10.8 Å². The van der Waals surface area contributed by atoms with Crippen LogP contribution in [-0.2, 0) is 17.9 Å². The van der Waals surface area contributed by atoms with Crippen molar-refractivity contribution in [2.45, 2.75) is 33.0 Å². The van der Waals surface area contributed by atoms with Crippen molar-refractivity contribution in [1.29, 1.82) is 0 Å². The molecule has 2 heterocycles. The normalized spacial score (nSPS) is 15.6. The summed E-state index contributed by atoms with van der Waals surface area (Å²) >= 11 is 0. The molecule has 0 radical (unpaired) electrons. The highest BCUT2D eigenvalue weighted by molar-refractivity contribution is 5.83. The maximum absolute atomic E-state index is 12.5. The molecule has 3 aromatic rings. The van der Waals surface area contributed by atoms with Gasteiger partial charge in [0, 0.05) is 13.1 Å². The van der Waals surface area contributed by atoms with Crippen molar-refractivity contribution < 1.29 is 4.79 Å². The molecule has 134 valence electrons. The molecule has 0 bridgehead atoms. The lowest BCUT2D eigenvalue weighted by Crippen LogP contribution is -2.42. The number of carbonyl (C=O) groups excluding carboxylic acids is 1. The van der Waals surface area contributed by atoms with Gasteiger partial charge in [0.2, 0.25) is 5.91 Å². The lowest BCUT2D eigenvalue weighted by atomic mass is 10.0. The van der Waals surface area contributed by atoms with E-state index in [-0.39, 0.29) is 11.9 Å². The number of amides is 1. The average Bonchev–Trinajstić information content (AvgIpc) is 3.01. The number of rotatable bonds is 4. The zero-order valence-corrected chi connectivity index (χ0v) is 15.1. The van der Waals surface area contributed by atoms with E-state index < -0.39 is 0 Å². The highest BCUT2D eigenvalue weighted by Gasteiger charge is 2.22. The molecule has 0 fully saturated rings. The topological polar surface area (TPSA) is 63.1 Å². The van der Waals surface area contributed by atoms with Gasteiger partial charge in [-0.15, -0.1) is 10.2 Å². The average molecular weight is 349 g/mol. The molecule has 1 aliphatic heterocycles. The largest absolute Gasteiger partial charge is 0.348 e. The summed E-state index contributed by atoms with van der Waals surface area (Å²) in [4.78, 5) is 14.6. The number of nitrogens with zero attached hydrogens (tertiary/aromatic N) is 4. The molecular formula is C20H23N5O. The SMILES string of the molecule is Cc1nnc2n1CCN(CC(=O)NC(C)c1ccc3ccccc3c1)C2. The first-order valence-electron chi connectivity index (χ1n) is 8.99. The number of nitrogens with one attached hydrogen (secondary N) is 1. The van der Waals surface area contributed by atoms with Crippen LogP contribution in [0.4, 0.5) is 0 Å². The molecule has 0 aliphatic carbocycles. The summed E-state index contributed by atoms with van der Waals surface area (Å²) in [5, 5.41) is 13.8. The molecule has 1 aromatic heterocycles. The maximum atomic E-state index is 12.5. The minimum Gasteiger partial charge on any atom is -0.348 e. The smallest absolute Gasteiger partial charge is 0.234 e. The van der Waals surface area contributed by atoms with E-state index in [0.717, 1.165) is 30.3 Å². The summed E-state index contributed by atoms with van der Waals surface area (Å²) in [6, 6.07) is 14.6. The highest BCUT2D eigenvalue weighted by atomic mass is 16.2. The Bertz CT molecular complexity index is 948.